The fourth-order valence-corrected chi connectivity index (χ4v) is 1.72. The molecule has 0 aliphatic rings. The fourth-order valence-electron chi connectivity index (χ4n) is 1.72. The third-order valence-electron chi connectivity index (χ3n) is 2.77. The highest BCUT2D eigenvalue weighted by molar-refractivity contribution is 5.88. The largest absolute Gasteiger partial charge is 0.478 e. The van der Waals surface area contributed by atoms with Crippen LogP contribution in [0.15, 0.2) is 42.5 Å². The Bertz CT molecular complexity index is 611. The third-order valence-corrected chi connectivity index (χ3v) is 2.77. The van der Waals surface area contributed by atoms with E-state index in [0.717, 1.165) is 6.07 Å². The van der Waals surface area contributed by atoms with Gasteiger partial charge in [-0.15, -0.1) is 0 Å². The molecule has 0 aliphatic carbocycles. The summed E-state index contributed by atoms with van der Waals surface area (Å²) in [5.74, 6) is -2.34. The van der Waals surface area contributed by atoms with Gasteiger partial charge < -0.3 is 10.0 Å². The fraction of sp³-hybridized carbons (Fsp3) is 0.0714. The minimum absolute atomic E-state index is 0.150. The van der Waals surface area contributed by atoms with Crippen LogP contribution in [0, 0.1) is 11.6 Å². The molecule has 0 heterocycles. The van der Waals surface area contributed by atoms with E-state index >= 15 is 0 Å². The first kappa shape index (κ1) is 13.0. The smallest absolute Gasteiger partial charge is 0.335 e. The number of rotatable bonds is 3. The number of halogens is 2. The molecule has 0 radical (unpaired) electrons. The summed E-state index contributed by atoms with van der Waals surface area (Å²) in [5, 5.41) is 8.79. The van der Waals surface area contributed by atoms with Crippen LogP contribution in [0.2, 0.25) is 0 Å². The molecule has 3 nitrogen and oxygen atoms in total. The van der Waals surface area contributed by atoms with Crippen LogP contribution in [-0.2, 0) is 0 Å². The van der Waals surface area contributed by atoms with Gasteiger partial charge in [0.2, 0.25) is 0 Å². The summed E-state index contributed by atoms with van der Waals surface area (Å²) in [6.45, 7) is 0. The quantitative estimate of drug-likeness (QED) is 0.922. The van der Waals surface area contributed by atoms with Crippen LogP contribution < -0.4 is 4.90 Å². The third kappa shape index (κ3) is 2.70. The van der Waals surface area contributed by atoms with Crippen molar-refractivity contribution in [2.75, 3.05) is 11.9 Å². The van der Waals surface area contributed by atoms with E-state index in [1.807, 2.05) is 0 Å². The Morgan fingerprint density at radius 1 is 1.11 bits per heavy atom. The molecule has 2 aromatic rings. The molecule has 0 fully saturated rings. The van der Waals surface area contributed by atoms with Gasteiger partial charge in [-0.1, -0.05) is 0 Å². The van der Waals surface area contributed by atoms with Crippen molar-refractivity contribution < 1.29 is 18.7 Å². The van der Waals surface area contributed by atoms with Crippen LogP contribution >= 0.6 is 0 Å². The monoisotopic (exact) mass is 263 g/mol. The highest BCUT2D eigenvalue weighted by atomic mass is 19.1. The van der Waals surface area contributed by atoms with Gasteiger partial charge in [-0.2, -0.15) is 0 Å². The molecule has 0 atom stereocenters. The van der Waals surface area contributed by atoms with Crippen LogP contribution in [0.1, 0.15) is 10.4 Å². The van der Waals surface area contributed by atoms with Gasteiger partial charge in [-0.25, -0.2) is 13.6 Å². The number of aromatic carboxylic acids is 1. The highest BCUT2D eigenvalue weighted by Gasteiger charge is 2.11. The van der Waals surface area contributed by atoms with E-state index < -0.39 is 17.6 Å². The standard InChI is InChI=1S/C14H11F2NO2/c1-17(13-7-4-10(15)8-12(13)16)11-5-2-9(3-6-11)14(18)19/h2-8H,1H3,(H,18,19). The Morgan fingerprint density at radius 3 is 2.26 bits per heavy atom. The molecule has 1 N–H and O–H groups in total. The van der Waals surface area contributed by atoms with Crippen LogP contribution in [0.3, 0.4) is 0 Å². The summed E-state index contributed by atoms with van der Waals surface area (Å²) < 4.78 is 26.4. The van der Waals surface area contributed by atoms with Crippen LogP contribution in [0.5, 0.6) is 0 Å². The molecule has 0 spiro atoms. The van der Waals surface area contributed by atoms with Crippen molar-refractivity contribution in [2.24, 2.45) is 0 Å². The van der Waals surface area contributed by atoms with Gasteiger partial charge in [-0.3, -0.25) is 0 Å². The van der Waals surface area contributed by atoms with E-state index in [9.17, 15) is 13.6 Å². The molecule has 2 aromatic carbocycles. The van der Waals surface area contributed by atoms with Crippen molar-refractivity contribution in [3.8, 4) is 0 Å². The first-order chi connectivity index (χ1) is 8.99. The van der Waals surface area contributed by atoms with Gasteiger partial charge in [0.15, 0.2) is 0 Å². The second-order valence-electron chi connectivity index (χ2n) is 4.01. The Morgan fingerprint density at radius 2 is 1.74 bits per heavy atom. The van der Waals surface area contributed by atoms with E-state index in [-0.39, 0.29) is 11.3 Å². The highest BCUT2D eigenvalue weighted by Crippen LogP contribution is 2.26. The maximum Gasteiger partial charge on any atom is 0.335 e. The lowest BCUT2D eigenvalue weighted by atomic mass is 10.2. The number of carboxylic acids is 1. The average molecular weight is 263 g/mol. The summed E-state index contributed by atoms with van der Waals surface area (Å²) in [6.07, 6.45) is 0. The predicted molar refractivity (Wildman–Crippen MR) is 67.8 cm³/mol. The Balaban J connectivity index is 2.33. The summed E-state index contributed by atoms with van der Waals surface area (Å²) in [4.78, 5) is 12.2. The molecule has 5 heteroatoms. The molecular formula is C14H11F2NO2. The minimum atomic E-state index is -1.03. The molecule has 0 amide bonds. The van der Waals surface area contributed by atoms with Crippen molar-refractivity contribution in [3.63, 3.8) is 0 Å². The molecule has 0 saturated heterocycles. The lowest BCUT2D eigenvalue weighted by Crippen LogP contribution is -2.11. The summed E-state index contributed by atoms with van der Waals surface area (Å²) in [5.41, 5.74) is 0.969. The zero-order valence-corrected chi connectivity index (χ0v) is 10.1. The van der Waals surface area contributed by atoms with Crippen LogP contribution in [0.4, 0.5) is 20.2 Å². The maximum absolute atomic E-state index is 13.6. The van der Waals surface area contributed by atoms with Crippen molar-refractivity contribution in [3.05, 3.63) is 59.7 Å². The number of hydrogen-bond donors (Lipinski definition) is 1. The first-order valence-electron chi connectivity index (χ1n) is 5.51. The normalized spacial score (nSPS) is 10.3. The Labute approximate surface area is 108 Å². The van der Waals surface area contributed by atoms with Gasteiger partial charge in [0.1, 0.15) is 11.6 Å². The van der Waals surface area contributed by atoms with E-state index in [0.29, 0.717) is 5.69 Å². The number of anilines is 2. The molecule has 98 valence electrons. The Hall–Kier alpha value is -2.43. The molecular weight excluding hydrogens is 252 g/mol. The van der Waals surface area contributed by atoms with Gasteiger partial charge in [0.05, 0.1) is 11.3 Å². The lowest BCUT2D eigenvalue weighted by Gasteiger charge is -2.20. The van der Waals surface area contributed by atoms with Crippen molar-refractivity contribution in [1.82, 2.24) is 0 Å². The van der Waals surface area contributed by atoms with Crippen LogP contribution in [-0.4, -0.2) is 18.1 Å². The second-order valence-corrected chi connectivity index (χ2v) is 4.01. The number of benzene rings is 2. The molecule has 0 bridgehead atoms. The summed E-state index contributed by atoms with van der Waals surface area (Å²) >= 11 is 0. The minimum Gasteiger partial charge on any atom is -0.478 e. The molecule has 2 rings (SSSR count). The number of hydrogen-bond acceptors (Lipinski definition) is 2. The predicted octanol–water partition coefficient (Wildman–Crippen LogP) is 3.43. The molecule has 19 heavy (non-hydrogen) atoms. The van der Waals surface area contributed by atoms with Gasteiger partial charge in [0.25, 0.3) is 0 Å². The van der Waals surface area contributed by atoms with Crippen molar-refractivity contribution in [2.45, 2.75) is 0 Å². The second kappa shape index (κ2) is 5.06. The van der Waals surface area contributed by atoms with E-state index in [1.54, 1.807) is 19.2 Å². The molecule has 0 aromatic heterocycles. The van der Waals surface area contributed by atoms with Gasteiger partial charge in [0, 0.05) is 18.8 Å². The topological polar surface area (TPSA) is 40.5 Å². The van der Waals surface area contributed by atoms with Crippen molar-refractivity contribution in [1.29, 1.82) is 0 Å². The molecule has 0 unspecified atom stereocenters. The Kier molecular flexibility index (Phi) is 3.46. The van der Waals surface area contributed by atoms with Gasteiger partial charge >= 0.3 is 5.97 Å². The number of carboxylic acid groups (broad SMARTS) is 1. The van der Waals surface area contributed by atoms with E-state index in [2.05, 4.69) is 0 Å². The summed E-state index contributed by atoms with van der Waals surface area (Å²) in [6, 6.07) is 9.28. The van der Waals surface area contributed by atoms with Crippen LogP contribution in [0.25, 0.3) is 0 Å². The number of nitrogens with zero attached hydrogens (tertiary/aromatic N) is 1. The lowest BCUT2D eigenvalue weighted by molar-refractivity contribution is 0.0697. The SMILES string of the molecule is CN(c1ccc(C(=O)O)cc1)c1ccc(F)cc1F. The average Bonchev–Trinajstić information content (AvgIpc) is 2.38. The molecule has 0 saturated carbocycles. The first-order valence-corrected chi connectivity index (χ1v) is 5.51. The zero-order valence-electron chi connectivity index (χ0n) is 10.1. The van der Waals surface area contributed by atoms with Gasteiger partial charge in [-0.05, 0) is 36.4 Å². The number of carbonyl (C=O) groups is 1. The van der Waals surface area contributed by atoms with E-state index in [4.69, 9.17) is 5.11 Å². The van der Waals surface area contributed by atoms with E-state index in [1.165, 1.54) is 29.2 Å². The zero-order chi connectivity index (χ0) is 14.0. The summed E-state index contributed by atoms with van der Waals surface area (Å²) in [7, 11) is 1.62. The van der Waals surface area contributed by atoms with Crippen molar-refractivity contribution >= 4 is 17.3 Å². The molecule has 0 aliphatic heterocycles. The maximum atomic E-state index is 13.6.